The van der Waals surface area contributed by atoms with Gasteiger partial charge in [-0.1, -0.05) is 0 Å². The van der Waals surface area contributed by atoms with Crippen LogP contribution in [0.1, 0.15) is 0 Å². The molecule has 88 valence electrons. The number of rotatable bonds is 2. The predicted octanol–water partition coefficient (Wildman–Crippen LogP) is 3.54. The van der Waals surface area contributed by atoms with Gasteiger partial charge in [-0.15, -0.1) is 0 Å². The van der Waals surface area contributed by atoms with Gasteiger partial charge in [0.15, 0.2) is 0 Å². The lowest BCUT2D eigenvalue weighted by atomic mass is 10.2. The molecular weight excluding hydrogens is 287 g/mol. The second-order valence-corrected chi connectivity index (χ2v) is 4.32. The number of hydrogen-bond acceptors (Lipinski definition) is 3. The second-order valence-electron chi connectivity index (χ2n) is 3.47. The van der Waals surface area contributed by atoms with E-state index in [1.807, 2.05) is 0 Å². The van der Waals surface area contributed by atoms with Crippen molar-refractivity contribution in [3.8, 4) is 11.5 Å². The molecule has 3 nitrogen and oxygen atoms in total. The van der Waals surface area contributed by atoms with Gasteiger partial charge in [0.1, 0.15) is 17.3 Å². The van der Waals surface area contributed by atoms with Crippen LogP contribution in [0.25, 0.3) is 0 Å². The third-order valence-electron chi connectivity index (χ3n) is 2.19. The van der Waals surface area contributed by atoms with Crippen LogP contribution >= 0.6 is 15.9 Å². The van der Waals surface area contributed by atoms with E-state index < -0.39 is 0 Å². The smallest absolute Gasteiger partial charge is 0.137 e. The Labute approximate surface area is 106 Å². The fraction of sp³-hybridized carbons (Fsp3) is 0. The fourth-order valence-electron chi connectivity index (χ4n) is 1.29. The highest BCUT2D eigenvalue weighted by molar-refractivity contribution is 9.10. The first-order valence-electron chi connectivity index (χ1n) is 4.84. The minimum Gasteiger partial charge on any atom is -0.457 e. The van der Waals surface area contributed by atoms with Crippen LogP contribution in [0.15, 0.2) is 40.9 Å². The number of hydrogen-bond donors (Lipinski definition) is 2. The summed E-state index contributed by atoms with van der Waals surface area (Å²) in [7, 11) is 0. The lowest BCUT2D eigenvalue weighted by Crippen LogP contribution is -1.94. The third kappa shape index (κ3) is 2.68. The molecule has 2 aromatic rings. The highest BCUT2D eigenvalue weighted by Crippen LogP contribution is 2.28. The van der Waals surface area contributed by atoms with Crippen molar-refractivity contribution < 1.29 is 9.13 Å². The maximum atomic E-state index is 13.0. The summed E-state index contributed by atoms with van der Waals surface area (Å²) in [5.41, 5.74) is 12.2. The molecule has 2 rings (SSSR count). The maximum absolute atomic E-state index is 13.0. The van der Waals surface area contributed by atoms with Crippen LogP contribution in [0.3, 0.4) is 0 Å². The van der Waals surface area contributed by atoms with Crippen LogP contribution in [0.4, 0.5) is 15.8 Å². The molecule has 0 heterocycles. The van der Waals surface area contributed by atoms with Gasteiger partial charge < -0.3 is 16.2 Å². The van der Waals surface area contributed by atoms with Crippen LogP contribution in [0.5, 0.6) is 11.5 Å². The van der Waals surface area contributed by atoms with E-state index in [1.54, 1.807) is 24.3 Å². The summed E-state index contributed by atoms with van der Waals surface area (Å²) < 4.78 is 18.9. The Kier molecular flexibility index (Phi) is 3.19. The van der Waals surface area contributed by atoms with Gasteiger partial charge in [-0.25, -0.2) is 4.39 Å². The highest BCUT2D eigenvalue weighted by Gasteiger charge is 2.03. The van der Waals surface area contributed by atoms with Crippen molar-refractivity contribution in [2.75, 3.05) is 11.5 Å². The average Bonchev–Trinajstić information content (AvgIpc) is 2.29. The van der Waals surface area contributed by atoms with E-state index in [2.05, 4.69) is 15.9 Å². The van der Waals surface area contributed by atoms with Gasteiger partial charge in [0.2, 0.25) is 0 Å². The molecule has 0 fully saturated rings. The second kappa shape index (κ2) is 4.63. The monoisotopic (exact) mass is 296 g/mol. The van der Waals surface area contributed by atoms with Gasteiger partial charge >= 0.3 is 0 Å². The minimum atomic E-state index is -0.339. The van der Waals surface area contributed by atoms with E-state index in [-0.39, 0.29) is 5.82 Å². The summed E-state index contributed by atoms with van der Waals surface area (Å²) in [6, 6.07) is 9.37. The third-order valence-corrected chi connectivity index (χ3v) is 2.79. The molecular formula is C12H10BrFN2O. The van der Waals surface area contributed by atoms with Gasteiger partial charge in [0.25, 0.3) is 0 Å². The Morgan fingerprint density at radius 1 is 0.941 bits per heavy atom. The molecule has 0 radical (unpaired) electrons. The molecule has 0 aliphatic carbocycles. The summed E-state index contributed by atoms with van der Waals surface area (Å²) in [5, 5.41) is 0. The van der Waals surface area contributed by atoms with Crippen molar-refractivity contribution in [1.82, 2.24) is 0 Å². The van der Waals surface area contributed by atoms with Gasteiger partial charge in [-0.3, -0.25) is 0 Å². The molecule has 0 saturated carbocycles. The molecule has 0 bridgehead atoms. The first-order valence-corrected chi connectivity index (χ1v) is 5.63. The Balaban J connectivity index is 2.25. The summed E-state index contributed by atoms with van der Waals surface area (Å²) in [4.78, 5) is 0. The molecule has 0 aliphatic heterocycles. The van der Waals surface area contributed by atoms with E-state index in [0.717, 1.165) is 0 Å². The van der Waals surface area contributed by atoms with Crippen molar-refractivity contribution in [2.45, 2.75) is 0 Å². The van der Waals surface area contributed by atoms with Crippen molar-refractivity contribution in [3.63, 3.8) is 0 Å². The molecule has 0 spiro atoms. The maximum Gasteiger partial charge on any atom is 0.137 e. The summed E-state index contributed by atoms with van der Waals surface area (Å²) in [6.07, 6.45) is 0. The van der Waals surface area contributed by atoms with Crippen molar-refractivity contribution in [3.05, 3.63) is 46.7 Å². The molecule has 0 unspecified atom stereocenters. The van der Waals surface area contributed by atoms with Crippen LogP contribution in [0, 0.1) is 5.82 Å². The van der Waals surface area contributed by atoms with Crippen LogP contribution < -0.4 is 16.2 Å². The molecule has 17 heavy (non-hydrogen) atoms. The molecule has 4 N–H and O–H groups in total. The Morgan fingerprint density at radius 3 is 2.24 bits per heavy atom. The Bertz CT molecular complexity index is 511. The van der Waals surface area contributed by atoms with E-state index in [4.69, 9.17) is 16.2 Å². The van der Waals surface area contributed by atoms with E-state index in [9.17, 15) is 4.39 Å². The van der Waals surface area contributed by atoms with E-state index in [1.165, 1.54) is 12.1 Å². The standard InChI is InChI=1S/C12H10BrFN2O/c13-9-5-7(1-3-10(9)14)17-8-2-4-11(15)12(16)6-8/h1-6H,15-16H2. The zero-order valence-electron chi connectivity index (χ0n) is 8.78. The number of anilines is 2. The minimum absolute atomic E-state index is 0.339. The fourth-order valence-corrected chi connectivity index (χ4v) is 1.65. The molecule has 0 aromatic heterocycles. The lowest BCUT2D eigenvalue weighted by Gasteiger charge is -2.08. The van der Waals surface area contributed by atoms with E-state index >= 15 is 0 Å². The van der Waals surface area contributed by atoms with Crippen molar-refractivity contribution >= 4 is 27.3 Å². The predicted molar refractivity (Wildman–Crippen MR) is 69.4 cm³/mol. The highest BCUT2D eigenvalue weighted by atomic mass is 79.9. The van der Waals surface area contributed by atoms with Gasteiger partial charge in [0, 0.05) is 6.07 Å². The quantitative estimate of drug-likeness (QED) is 0.833. The topological polar surface area (TPSA) is 61.3 Å². The van der Waals surface area contributed by atoms with Crippen LogP contribution in [-0.4, -0.2) is 0 Å². The van der Waals surface area contributed by atoms with Gasteiger partial charge in [0.05, 0.1) is 15.8 Å². The summed E-state index contributed by atoms with van der Waals surface area (Å²) >= 11 is 3.09. The van der Waals surface area contributed by atoms with Crippen LogP contribution in [0.2, 0.25) is 0 Å². The van der Waals surface area contributed by atoms with Crippen molar-refractivity contribution in [2.24, 2.45) is 0 Å². The van der Waals surface area contributed by atoms with Gasteiger partial charge in [-0.2, -0.15) is 0 Å². The number of nitrogen functional groups attached to an aromatic ring is 2. The molecule has 0 aliphatic rings. The summed E-state index contributed by atoms with van der Waals surface area (Å²) in [6.45, 7) is 0. The average molecular weight is 297 g/mol. The molecule has 0 saturated heterocycles. The van der Waals surface area contributed by atoms with Crippen molar-refractivity contribution in [1.29, 1.82) is 0 Å². The molecule has 5 heteroatoms. The van der Waals surface area contributed by atoms with Crippen LogP contribution in [-0.2, 0) is 0 Å². The summed E-state index contributed by atoms with van der Waals surface area (Å²) in [5.74, 6) is 0.729. The first-order chi connectivity index (χ1) is 8.06. The van der Waals surface area contributed by atoms with Gasteiger partial charge in [-0.05, 0) is 46.3 Å². The zero-order valence-corrected chi connectivity index (χ0v) is 10.4. The van der Waals surface area contributed by atoms with E-state index in [0.29, 0.717) is 27.3 Å². The number of nitrogens with two attached hydrogens (primary N) is 2. The Hall–Kier alpha value is -1.75. The lowest BCUT2D eigenvalue weighted by molar-refractivity contribution is 0.480. The SMILES string of the molecule is Nc1ccc(Oc2ccc(F)c(Br)c2)cc1N. The number of benzene rings is 2. The zero-order chi connectivity index (χ0) is 12.4. The number of ether oxygens (including phenoxy) is 1. The largest absolute Gasteiger partial charge is 0.457 e. The number of halogens is 2. The molecule has 0 atom stereocenters. The first kappa shape index (κ1) is 11.7. The normalized spacial score (nSPS) is 10.2. The molecule has 0 amide bonds. The molecule has 2 aromatic carbocycles. The Morgan fingerprint density at radius 2 is 1.59 bits per heavy atom.